The van der Waals surface area contributed by atoms with Crippen LogP contribution in [-0.4, -0.2) is 39.3 Å². The van der Waals surface area contributed by atoms with Gasteiger partial charge in [-0.25, -0.2) is 0 Å². The molecule has 1 fully saturated rings. The number of hydrogen-bond acceptors (Lipinski definition) is 2. The van der Waals surface area contributed by atoms with Gasteiger partial charge in [0.05, 0.1) is 6.61 Å². The van der Waals surface area contributed by atoms with Crippen LogP contribution in [0.3, 0.4) is 0 Å². The number of ether oxygens (including phenoxy) is 1. The number of methoxy groups -OCH3 is 1. The Hall–Kier alpha value is -0.0800. The lowest BCUT2D eigenvalue weighted by molar-refractivity contribution is -0.00338. The average Bonchev–Trinajstić information content (AvgIpc) is 2.68. The van der Waals surface area contributed by atoms with Crippen LogP contribution in [0.1, 0.15) is 46.0 Å². The minimum atomic E-state index is 0.378. The maximum absolute atomic E-state index is 5.59. The maximum atomic E-state index is 5.59. The van der Waals surface area contributed by atoms with Gasteiger partial charge < -0.3 is 9.64 Å². The van der Waals surface area contributed by atoms with E-state index in [1.165, 1.54) is 38.6 Å². The Morgan fingerprint density at radius 1 is 1.24 bits per heavy atom. The molecule has 102 valence electrons. The highest BCUT2D eigenvalue weighted by atomic mass is 16.5. The van der Waals surface area contributed by atoms with Crippen molar-refractivity contribution in [3.05, 3.63) is 0 Å². The first-order valence-corrected chi connectivity index (χ1v) is 7.14. The zero-order valence-corrected chi connectivity index (χ0v) is 12.5. The number of nitrogens with zero attached hydrogens (tertiary/aromatic N) is 1. The Kier molecular flexibility index (Phi) is 5.94. The summed E-state index contributed by atoms with van der Waals surface area (Å²) in [5, 5.41) is 0. The molecule has 0 spiro atoms. The van der Waals surface area contributed by atoms with Crippen molar-refractivity contribution in [2.75, 3.05) is 34.4 Å². The Bertz CT molecular complexity index is 197. The monoisotopic (exact) mass is 241 g/mol. The minimum Gasteiger partial charge on any atom is -0.384 e. The highest BCUT2D eigenvalue weighted by Crippen LogP contribution is 2.44. The molecule has 1 unspecified atom stereocenters. The van der Waals surface area contributed by atoms with Crippen LogP contribution in [0.15, 0.2) is 0 Å². The summed E-state index contributed by atoms with van der Waals surface area (Å²) in [5.41, 5.74) is 0.378. The first-order valence-electron chi connectivity index (χ1n) is 7.14. The smallest absolute Gasteiger partial charge is 0.0533 e. The molecule has 2 nitrogen and oxygen atoms in total. The summed E-state index contributed by atoms with van der Waals surface area (Å²) in [6.45, 7) is 6.78. The van der Waals surface area contributed by atoms with E-state index >= 15 is 0 Å². The van der Waals surface area contributed by atoms with Crippen LogP contribution in [-0.2, 0) is 4.74 Å². The van der Waals surface area contributed by atoms with Crippen molar-refractivity contribution in [3.63, 3.8) is 0 Å². The largest absolute Gasteiger partial charge is 0.384 e. The van der Waals surface area contributed by atoms with Crippen LogP contribution in [0, 0.1) is 17.3 Å². The minimum absolute atomic E-state index is 0.378. The third-order valence-corrected chi connectivity index (χ3v) is 4.10. The van der Waals surface area contributed by atoms with Crippen molar-refractivity contribution >= 4 is 0 Å². The van der Waals surface area contributed by atoms with Crippen LogP contribution >= 0.6 is 0 Å². The molecule has 0 radical (unpaired) electrons. The van der Waals surface area contributed by atoms with E-state index in [4.69, 9.17) is 4.74 Å². The normalized spacial score (nSPS) is 21.4. The van der Waals surface area contributed by atoms with E-state index in [0.29, 0.717) is 5.41 Å². The van der Waals surface area contributed by atoms with Crippen molar-refractivity contribution in [2.45, 2.75) is 46.0 Å². The van der Waals surface area contributed by atoms with Crippen molar-refractivity contribution < 1.29 is 4.74 Å². The number of hydrogen-bond donors (Lipinski definition) is 0. The molecule has 2 heteroatoms. The number of rotatable bonds is 7. The van der Waals surface area contributed by atoms with Gasteiger partial charge in [0.2, 0.25) is 0 Å². The van der Waals surface area contributed by atoms with Crippen molar-refractivity contribution in [1.82, 2.24) is 4.90 Å². The molecular weight excluding hydrogens is 210 g/mol. The molecule has 0 heterocycles. The molecular formula is C15H31NO. The summed E-state index contributed by atoms with van der Waals surface area (Å²) in [4.78, 5) is 2.35. The van der Waals surface area contributed by atoms with Gasteiger partial charge in [-0.05, 0) is 45.2 Å². The summed E-state index contributed by atoms with van der Waals surface area (Å²) in [6.07, 6.45) is 6.95. The van der Waals surface area contributed by atoms with Gasteiger partial charge in [0.25, 0.3) is 0 Å². The topological polar surface area (TPSA) is 12.5 Å². The molecule has 1 atom stereocenters. The van der Waals surface area contributed by atoms with Gasteiger partial charge in [-0.2, -0.15) is 0 Å². The molecule has 0 saturated heterocycles. The van der Waals surface area contributed by atoms with Crippen LogP contribution in [0.2, 0.25) is 0 Å². The molecule has 0 aromatic heterocycles. The Labute approximate surface area is 108 Å². The van der Waals surface area contributed by atoms with Crippen LogP contribution in [0.5, 0.6) is 0 Å². The Morgan fingerprint density at radius 3 is 2.24 bits per heavy atom. The van der Waals surface area contributed by atoms with Gasteiger partial charge in [0, 0.05) is 19.1 Å². The SMILES string of the molecule is COCC(CC(C)C)(CN(C)C)C1CCCC1. The fourth-order valence-corrected chi connectivity index (χ4v) is 3.85. The van der Waals surface area contributed by atoms with Crippen molar-refractivity contribution in [2.24, 2.45) is 17.3 Å². The van der Waals surface area contributed by atoms with Gasteiger partial charge in [-0.1, -0.05) is 26.7 Å². The van der Waals surface area contributed by atoms with Crippen molar-refractivity contribution in [1.29, 1.82) is 0 Å². The molecule has 0 N–H and O–H groups in total. The van der Waals surface area contributed by atoms with E-state index < -0.39 is 0 Å². The Balaban J connectivity index is 2.82. The molecule has 1 saturated carbocycles. The molecule has 1 aliphatic rings. The van der Waals surface area contributed by atoms with E-state index in [1.54, 1.807) is 0 Å². The molecule has 0 bridgehead atoms. The van der Waals surface area contributed by atoms with Gasteiger partial charge in [0.15, 0.2) is 0 Å². The average molecular weight is 241 g/mol. The maximum Gasteiger partial charge on any atom is 0.0533 e. The quantitative estimate of drug-likeness (QED) is 0.677. The molecule has 1 aliphatic carbocycles. The molecule has 0 aromatic carbocycles. The third kappa shape index (κ3) is 4.26. The van der Waals surface area contributed by atoms with E-state index in [2.05, 4.69) is 32.8 Å². The van der Waals surface area contributed by atoms with Gasteiger partial charge in [-0.3, -0.25) is 0 Å². The molecule has 0 aliphatic heterocycles. The Morgan fingerprint density at radius 2 is 1.82 bits per heavy atom. The fourth-order valence-electron chi connectivity index (χ4n) is 3.85. The zero-order valence-electron chi connectivity index (χ0n) is 12.5. The zero-order chi connectivity index (χ0) is 12.9. The molecule has 0 amide bonds. The predicted molar refractivity (Wildman–Crippen MR) is 74.3 cm³/mol. The second-order valence-electron chi connectivity index (χ2n) is 6.61. The highest BCUT2D eigenvalue weighted by Gasteiger charge is 2.40. The lowest BCUT2D eigenvalue weighted by Gasteiger charge is -2.42. The summed E-state index contributed by atoms with van der Waals surface area (Å²) < 4.78 is 5.59. The summed E-state index contributed by atoms with van der Waals surface area (Å²) in [5.74, 6) is 1.62. The summed E-state index contributed by atoms with van der Waals surface area (Å²) in [6, 6.07) is 0. The second kappa shape index (κ2) is 6.75. The third-order valence-electron chi connectivity index (χ3n) is 4.10. The van der Waals surface area contributed by atoms with Crippen LogP contribution in [0.25, 0.3) is 0 Å². The predicted octanol–water partition coefficient (Wildman–Crippen LogP) is 3.42. The van der Waals surface area contributed by atoms with E-state index in [0.717, 1.165) is 18.4 Å². The lowest BCUT2D eigenvalue weighted by atomic mass is 9.69. The van der Waals surface area contributed by atoms with Crippen LogP contribution < -0.4 is 0 Å². The van der Waals surface area contributed by atoms with E-state index in [9.17, 15) is 0 Å². The van der Waals surface area contributed by atoms with Crippen LogP contribution in [0.4, 0.5) is 0 Å². The van der Waals surface area contributed by atoms with Gasteiger partial charge >= 0.3 is 0 Å². The standard InChI is InChI=1S/C15H31NO/c1-13(2)10-15(12-17-5,11-16(3)4)14-8-6-7-9-14/h13-14H,6-12H2,1-5H3. The molecule has 17 heavy (non-hydrogen) atoms. The van der Waals surface area contributed by atoms with Gasteiger partial charge in [0.1, 0.15) is 0 Å². The second-order valence-corrected chi connectivity index (χ2v) is 6.61. The van der Waals surface area contributed by atoms with Gasteiger partial charge in [-0.15, -0.1) is 0 Å². The summed E-state index contributed by atoms with van der Waals surface area (Å²) >= 11 is 0. The highest BCUT2D eigenvalue weighted by molar-refractivity contribution is 4.91. The van der Waals surface area contributed by atoms with E-state index in [-0.39, 0.29) is 0 Å². The lowest BCUT2D eigenvalue weighted by Crippen LogP contribution is -2.43. The molecule has 0 aromatic rings. The molecule has 1 rings (SSSR count). The van der Waals surface area contributed by atoms with Crippen molar-refractivity contribution in [3.8, 4) is 0 Å². The summed E-state index contributed by atoms with van der Waals surface area (Å²) in [7, 11) is 6.25. The van der Waals surface area contributed by atoms with E-state index in [1.807, 2.05) is 7.11 Å². The first-order chi connectivity index (χ1) is 8.00. The first kappa shape index (κ1) is 15.0. The fraction of sp³-hybridized carbons (Fsp3) is 1.00.